The maximum atomic E-state index is 13.4. The molecule has 3 N–H and O–H groups in total. The fourth-order valence-corrected chi connectivity index (χ4v) is 3.56. The highest BCUT2D eigenvalue weighted by atomic mass is 16.4. The number of amides is 2. The molecule has 0 aromatic carbocycles. The highest BCUT2D eigenvalue weighted by molar-refractivity contribution is 5.90. The van der Waals surface area contributed by atoms with Gasteiger partial charge < -0.3 is 20.4 Å². The number of aliphatic hydroxyl groups is 1. The normalized spacial score (nSPS) is 21.1. The summed E-state index contributed by atoms with van der Waals surface area (Å²) in [5, 5.41) is 30.1. The molecule has 10 heteroatoms. The Hall–Kier alpha value is -2.49. The van der Waals surface area contributed by atoms with Crippen molar-refractivity contribution in [2.24, 2.45) is 10.8 Å². The number of carbonyl (C=O) groups excluding carboxylic acids is 2. The van der Waals surface area contributed by atoms with Crippen LogP contribution < -0.4 is 5.32 Å². The molecule has 3 atom stereocenters. The van der Waals surface area contributed by atoms with Crippen LogP contribution in [0.3, 0.4) is 0 Å². The summed E-state index contributed by atoms with van der Waals surface area (Å²) >= 11 is 0. The third-order valence-corrected chi connectivity index (χ3v) is 5.19. The van der Waals surface area contributed by atoms with Crippen molar-refractivity contribution in [3.05, 3.63) is 11.9 Å². The summed E-state index contributed by atoms with van der Waals surface area (Å²) in [6, 6.07) is -1.52. The lowest BCUT2D eigenvalue weighted by Gasteiger charge is -2.34. The first-order valence-electron chi connectivity index (χ1n) is 9.62. The minimum atomic E-state index is -1.02. The van der Waals surface area contributed by atoms with Gasteiger partial charge >= 0.3 is 5.97 Å². The van der Waals surface area contributed by atoms with Gasteiger partial charge in [-0.3, -0.25) is 14.4 Å². The Morgan fingerprint density at radius 3 is 2.41 bits per heavy atom. The van der Waals surface area contributed by atoms with E-state index < -0.39 is 35.0 Å². The molecule has 1 saturated heterocycles. The summed E-state index contributed by atoms with van der Waals surface area (Å²) < 4.78 is 1.43. The second-order valence-electron chi connectivity index (χ2n) is 9.33. The highest BCUT2D eigenvalue weighted by Gasteiger charge is 2.45. The van der Waals surface area contributed by atoms with Crippen LogP contribution in [0.5, 0.6) is 0 Å². The van der Waals surface area contributed by atoms with Crippen molar-refractivity contribution in [1.82, 2.24) is 25.2 Å². The minimum absolute atomic E-state index is 0.0666. The van der Waals surface area contributed by atoms with Crippen LogP contribution >= 0.6 is 0 Å². The second-order valence-corrected chi connectivity index (χ2v) is 9.33. The van der Waals surface area contributed by atoms with Gasteiger partial charge in [0.05, 0.1) is 17.2 Å². The molecule has 0 spiro atoms. The summed E-state index contributed by atoms with van der Waals surface area (Å²) in [7, 11) is 1.49. The molecule has 2 amide bonds. The van der Waals surface area contributed by atoms with Gasteiger partial charge in [0.2, 0.25) is 11.8 Å². The number of β-amino-alcohol motifs (C(OH)–C–C–N with tert-alkyl or cyclic N) is 1. The predicted octanol–water partition coefficient (Wildman–Crippen LogP) is 0.226. The number of rotatable bonds is 6. The largest absolute Gasteiger partial charge is 0.481 e. The first kappa shape index (κ1) is 22.8. The van der Waals surface area contributed by atoms with Crippen molar-refractivity contribution in [3.8, 4) is 0 Å². The van der Waals surface area contributed by atoms with Crippen molar-refractivity contribution < 1.29 is 24.6 Å². The van der Waals surface area contributed by atoms with E-state index in [0.717, 1.165) is 0 Å². The second kappa shape index (κ2) is 8.10. The first-order chi connectivity index (χ1) is 13.3. The summed E-state index contributed by atoms with van der Waals surface area (Å²) in [6.45, 7) is 8.89. The first-order valence-corrected chi connectivity index (χ1v) is 9.62. The van der Waals surface area contributed by atoms with Crippen molar-refractivity contribution in [1.29, 1.82) is 0 Å². The average Bonchev–Trinajstić information content (AvgIpc) is 3.19. The number of carboxylic acids is 1. The molecule has 29 heavy (non-hydrogen) atoms. The SMILES string of the molecule is CNC(=O)[C@@H]1C[C@@H](O)CN1C(=O)[C@@H](n1cc(CC(C)(C)C(=O)O)nn1)C(C)(C)C. The zero-order chi connectivity index (χ0) is 22.1. The standard InChI is InChI=1S/C19H31N5O5/c1-18(2,3)14(16(27)23-10-12(25)7-13(23)15(26)20-6)24-9-11(21-22-24)8-19(4,5)17(28)29/h9,12-14,25H,7-8,10H2,1-6H3,(H,20,26)(H,28,29)/t12-,13+,14-/m1/s1. The van der Waals surface area contributed by atoms with Crippen LogP contribution in [0, 0.1) is 10.8 Å². The van der Waals surface area contributed by atoms with E-state index in [1.165, 1.54) is 16.6 Å². The van der Waals surface area contributed by atoms with Gasteiger partial charge in [0.15, 0.2) is 0 Å². The Labute approximate surface area is 170 Å². The lowest BCUT2D eigenvalue weighted by molar-refractivity contribution is -0.147. The fraction of sp³-hybridized carbons (Fsp3) is 0.737. The molecule has 1 aromatic heterocycles. The van der Waals surface area contributed by atoms with Crippen LogP contribution in [0.25, 0.3) is 0 Å². The zero-order valence-electron chi connectivity index (χ0n) is 17.8. The van der Waals surface area contributed by atoms with Crippen LogP contribution in [0.2, 0.25) is 0 Å². The maximum Gasteiger partial charge on any atom is 0.309 e. The van der Waals surface area contributed by atoms with Gasteiger partial charge in [-0.25, -0.2) is 4.68 Å². The van der Waals surface area contributed by atoms with E-state index in [-0.39, 0.29) is 31.2 Å². The Morgan fingerprint density at radius 2 is 1.90 bits per heavy atom. The third-order valence-electron chi connectivity index (χ3n) is 5.19. The minimum Gasteiger partial charge on any atom is -0.481 e. The number of nitrogens with one attached hydrogen (secondary N) is 1. The third kappa shape index (κ3) is 4.92. The number of carbonyl (C=O) groups is 3. The number of likely N-dealkylation sites (tertiary alicyclic amines) is 1. The molecule has 1 fully saturated rings. The monoisotopic (exact) mass is 409 g/mol. The van der Waals surface area contributed by atoms with Crippen LogP contribution in [0.1, 0.15) is 52.8 Å². The van der Waals surface area contributed by atoms with Crippen molar-refractivity contribution in [2.75, 3.05) is 13.6 Å². The Kier molecular flexibility index (Phi) is 6.36. The molecule has 0 unspecified atom stereocenters. The summed E-state index contributed by atoms with van der Waals surface area (Å²) in [4.78, 5) is 38.4. The van der Waals surface area contributed by atoms with Crippen molar-refractivity contribution >= 4 is 17.8 Å². The lowest BCUT2D eigenvalue weighted by atomic mass is 9.85. The number of aliphatic carboxylic acids is 1. The van der Waals surface area contributed by atoms with E-state index >= 15 is 0 Å². The molecule has 0 aliphatic carbocycles. The quantitative estimate of drug-likeness (QED) is 0.611. The van der Waals surface area contributed by atoms with E-state index in [0.29, 0.717) is 5.69 Å². The molecule has 0 radical (unpaired) electrons. The van der Waals surface area contributed by atoms with E-state index in [2.05, 4.69) is 15.6 Å². The van der Waals surface area contributed by atoms with Crippen molar-refractivity contribution in [3.63, 3.8) is 0 Å². The van der Waals surface area contributed by atoms with Gasteiger partial charge in [-0.1, -0.05) is 26.0 Å². The molecular formula is C19H31N5O5. The van der Waals surface area contributed by atoms with Gasteiger partial charge in [-0.15, -0.1) is 5.10 Å². The molecule has 0 bridgehead atoms. The van der Waals surface area contributed by atoms with E-state index in [4.69, 9.17) is 0 Å². The van der Waals surface area contributed by atoms with Crippen molar-refractivity contribution in [2.45, 2.75) is 65.6 Å². The Balaban J connectivity index is 2.35. The number of hydrogen-bond donors (Lipinski definition) is 3. The fourth-order valence-electron chi connectivity index (χ4n) is 3.56. The lowest BCUT2D eigenvalue weighted by Crippen LogP contribution is -2.49. The van der Waals surface area contributed by atoms with Gasteiger partial charge in [0, 0.05) is 32.6 Å². The van der Waals surface area contributed by atoms with Gasteiger partial charge in [-0.2, -0.15) is 0 Å². The number of aliphatic hydroxyl groups excluding tert-OH is 1. The van der Waals surface area contributed by atoms with E-state index in [1.54, 1.807) is 20.0 Å². The number of likely N-dealkylation sites (N-methyl/N-ethyl adjacent to an activating group) is 1. The van der Waals surface area contributed by atoms with Gasteiger partial charge in [0.25, 0.3) is 0 Å². The average molecular weight is 409 g/mol. The zero-order valence-corrected chi connectivity index (χ0v) is 17.8. The van der Waals surface area contributed by atoms with Crippen LogP contribution in [0.15, 0.2) is 6.20 Å². The molecule has 1 aromatic rings. The number of hydrogen-bond acceptors (Lipinski definition) is 6. The number of nitrogens with zero attached hydrogens (tertiary/aromatic N) is 4. The summed E-state index contributed by atoms with van der Waals surface area (Å²) in [5.41, 5.74) is -1.12. The molecule has 1 aliphatic heterocycles. The molecular weight excluding hydrogens is 378 g/mol. The molecule has 1 aliphatic rings. The van der Waals surface area contributed by atoms with Crippen LogP contribution in [0.4, 0.5) is 0 Å². The smallest absolute Gasteiger partial charge is 0.309 e. The van der Waals surface area contributed by atoms with Crippen LogP contribution in [-0.2, 0) is 20.8 Å². The number of carboxylic acid groups (broad SMARTS) is 1. The Morgan fingerprint density at radius 1 is 1.28 bits per heavy atom. The molecule has 0 saturated carbocycles. The topological polar surface area (TPSA) is 138 Å². The van der Waals surface area contributed by atoms with E-state index in [9.17, 15) is 24.6 Å². The maximum absolute atomic E-state index is 13.4. The van der Waals surface area contributed by atoms with Gasteiger partial charge in [-0.05, 0) is 19.3 Å². The predicted molar refractivity (Wildman–Crippen MR) is 104 cm³/mol. The molecule has 2 rings (SSSR count). The molecule has 2 heterocycles. The Bertz CT molecular complexity index is 782. The van der Waals surface area contributed by atoms with Crippen LogP contribution in [-0.4, -0.2) is 73.6 Å². The molecule has 162 valence electrons. The highest BCUT2D eigenvalue weighted by Crippen LogP contribution is 2.34. The summed E-state index contributed by atoms with van der Waals surface area (Å²) in [6.07, 6.45) is 1.15. The molecule has 10 nitrogen and oxygen atoms in total. The van der Waals surface area contributed by atoms with Gasteiger partial charge in [0.1, 0.15) is 12.1 Å². The number of aromatic nitrogens is 3. The van der Waals surface area contributed by atoms with E-state index in [1.807, 2.05) is 20.8 Å². The summed E-state index contributed by atoms with van der Waals surface area (Å²) in [5.74, 6) is -1.61.